The van der Waals surface area contributed by atoms with Crippen molar-refractivity contribution in [3.05, 3.63) is 29.3 Å². The minimum atomic E-state index is 0.0378. The average Bonchev–Trinajstić information content (AvgIpc) is 3.04. The Labute approximate surface area is 97.8 Å². The second-order valence-electron chi connectivity index (χ2n) is 4.91. The van der Waals surface area contributed by atoms with Crippen molar-refractivity contribution in [1.29, 1.82) is 0 Å². The molecular formula is C14H21NO. The third kappa shape index (κ3) is 2.99. The van der Waals surface area contributed by atoms with Crippen LogP contribution in [0.3, 0.4) is 0 Å². The summed E-state index contributed by atoms with van der Waals surface area (Å²) in [6.07, 6.45) is 3.96. The lowest BCUT2D eigenvalue weighted by molar-refractivity contribution is 0.298. The fraction of sp³-hybridized carbons (Fsp3) is 0.571. The Morgan fingerprint density at radius 3 is 2.81 bits per heavy atom. The van der Waals surface area contributed by atoms with E-state index < -0.39 is 0 Å². The van der Waals surface area contributed by atoms with Crippen LogP contribution < -0.4 is 10.5 Å². The topological polar surface area (TPSA) is 35.2 Å². The molecule has 2 heteroatoms. The van der Waals surface area contributed by atoms with Crippen LogP contribution in [0.4, 0.5) is 0 Å². The van der Waals surface area contributed by atoms with Crippen LogP contribution >= 0.6 is 0 Å². The van der Waals surface area contributed by atoms with Crippen molar-refractivity contribution in [2.75, 3.05) is 6.61 Å². The molecule has 0 bridgehead atoms. The first-order valence-corrected chi connectivity index (χ1v) is 6.15. The highest BCUT2D eigenvalue weighted by Gasteiger charge is 2.21. The smallest absolute Gasteiger partial charge is 0.124 e. The maximum absolute atomic E-state index is 5.95. The van der Waals surface area contributed by atoms with Gasteiger partial charge in [-0.15, -0.1) is 0 Å². The molecule has 88 valence electrons. The maximum atomic E-state index is 5.95. The van der Waals surface area contributed by atoms with Gasteiger partial charge in [-0.3, -0.25) is 0 Å². The molecule has 0 saturated heterocycles. The quantitative estimate of drug-likeness (QED) is 0.825. The van der Waals surface area contributed by atoms with Crippen LogP contribution in [0, 0.1) is 12.8 Å². The molecule has 0 unspecified atom stereocenters. The molecule has 0 amide bonds. The molecule has 1 aliphatic carbocycles. The number of rotatable bonds is 5. The monoisotopic (exact) mass is 219 g/mol. The average molecular weight is 219 g/mol. The number of nitrogens with two attached hydrogens (primary N) is 1. The molecule has 2 nitrogen and oxygen atoms in total. The normalized spacial score (nSPS) is 17.2. The molecule has 2 rings (SSSR count). The van der Waals surface area contributed by atoms with Crippen LogP contribution in [-0.4, -0.2) is 6.61 Å². The lowest BCUT2D eigenvalue weighted by atomic mass is 10.1. The van der Waals surface area contributed by atoms with E-state index in [1.54, 1.807) is 0 Å². The molecule has 1 aromatic carbocycles. The largest absolute Gasteiger partial charge is 0.493 e. The Balaban J connectivity index is 1.99. The summed E-state index contributed by atoms with van der Waals surface area (Å²) in [4.78, 5) is 0. The van der Waals surface area contributed by atoms with Crippen molar-refractivity contribution in [2.45, 2.75) is 39.2 Å². The molecule has 1 saturated carbocycles. The van der Waals surface area contributed by atoms with Crippen molar-refractivity contribution in [3.63, 3.8) is 0 Å². The summed E-state index contributed by atoms with van der Waals surface area (Å²) in [6.45, 7) is 4.91. The predicted octanol–water partition coefficient (Wildman–Crippen LogP) is 3.19. The molecule has 1 atom stereocenters. The maximum Gasteiger partial charge on any atom is 0.124 e. The van der Waals surface area contributed by atoms with Crippen LogP contribution in [-0.2, 0) is 0 Å². The lowest BCUT2D eigenvalue weighted by Gasteiger charge is -2.14. The van der Waals surface area contributed by atoms with E-state index in [-0.39, 0.29) is 6.04 Å². The number of aryl methyl sites for hydroxylation is 1. The summed E-state index contributed by atoms with van der Waals surface area (Å²) in [6, 6.07) is 6.28. The van der Waals surface area contributed by atoms with Crippen LogP contribution in [0.2, 0.25) is 0 Å². The Hall–Kier alpha value is -1.02. The first kappa shape index (κ1) is 11.5. The Kier molecular flexibility index (Phi) is 3.49. The van der Waals surface area contributed by atoms with Gasteiger partial charge in [0, 0.05) is 11.6 Å². The van der Waals surface area contributed by atoms with Crippen molar-refractivity contribution in [3.8, 4) is 5.75 Å². The van der Waals surface area contributed by atoms with Gasteiger partial charge in [0.2, 0.25) is 0 Å². The summed E-state index contributed by atoms with van der Waals surface area (Å²) in [5.41, 5.74) is 8.31. The molecular weight excluding hydrogens is 198 g/mol. The van der Waals surface area contributed by atoms with Crippen LogP contribution in [0.1, 0.15) is 43.4 Å². The van der Waals surface area contributed by atoms with Gasteiger partial charge in [-0.25, -0.2) is 0 Å². The van der Waals surface area contributed by atoms with Gasteiger partial charge in [-0.1, -0.05) is 30.5 Å². The van der Waals surface area contributed by atoms with Gasteiger partial charge >= 0.3 is 0 Å². The number of hydrogen-bond donors (Lipinski definition) is 1. The van der Waals surface area contributed by atoms with E-state index in [2.05, 4.69) is 19.1 Å². The summed E-state index contributed by atoms with van der Waals surface area (Å²) >= 11 is 0. The van der Waals surface area contributed by atoms with E-state index in [0.29, 0.717) is 0 Å². The Morgan fingerprint density at radius 2 is 2.19 bits per heavy atom. The van der Waals surface area contributed by atoms with E-state index in [9.17, 15) is 0 Å². The zero-order chi connectivity index (χ0) is 11.5. The molecule has 16 heavy (non-hydrogen) atoms. The van der Waals surface area contributed by atoms with Gasteiger partial charge in [0.1, 0.15) is 5.75 Å². The van der Waals surface area contributed by atoms with E-state index in [4.69, 9.17) is 10.5 Å². The van der Waals surface area contributed by atoms with Crippen LogP contribution in [0.15, 0.2) is 18.2 Å². The fourth-order valence-electron chi connectivity index (χ4n) is 1.90. The summed E-state index contributed by atoms with van der Waals surface area (Å²) in [5, 5.41) is 0. The number of hydrogen-bond acceptors (Lipinski definition) is 2. The van der Waals surface area contributed by atoms with Crippen molar-refractivity contribution < 1.29 is 4.74 Å². The minimum absolute atomic E-state index is 0.0378. The molecule has 2 N–H and O–H groups in total. The van der Waals surface area contributed by atoms with Crippen molar-refractivity contribution in [1.82, 2.24) is 0 Å². The van der Waals surface area contributed by atoms with Gasteiger partial charge in [0.15, 0.2) is 0 Å². The zero-order valence-electron chi connectivity index (χ0n) is 10.2. The first-order valence-electron chi connectivity index (χ1n) is 6.15. The minimum Gasteiger partial charge on any atom is -0.493 e. The first-order chi connectivity index (χ1) is 7.66. The third-order valence-corrected chi connectivity index (χ3v) is 3.14. The Bertz CT molecular complexity index is 356. The molecule has 0 radical (unpaired) electrons. The zero-order valence-corrected chi connectivity index (χ0v) is 10.2. The summed E-state index contributed by atoms with van der Waals surface area (Å²) < 4.78 is 5.82. The van der Waals surface area contributed by atoms with Gasteiger partial charge in [0.25, 0.3) is 0 Å². The molecule has 0 heterocycles. The van der Waals surface area contributed by atoms with E-state index in [1.807, 2.05) is 13.0 Å². The van der Waals surface area contributed by atoms with Crippen molar-refractivity contribution in [2.24, 2.45) is 11.7 Å². The molecule has 1 aromatic rings. The number of benzene rings is 1. The van der Waals surface area contributed by atoms with Gasteiger partial charge in [-0.2, -0.15) is 0 Å². The second-order valence-corrected chi connectivity index (χ2v) is 4.91. The van der Waals surface area contributed by atoms with E-state index >= 15 is 0 Å². The van der Waals surface area contributed by atoms with Gasteiger partial charge in [-0.05, 0) is 32.3 Å². The highest BCUT2D eigenvalue weighted by molar-refractivity contribution is 5.38. The summed E-state index contributed by atoms with van der Waals surface area (Å²) in [5.74, 6) is 1.88. The highest BCUT2D eigenvalue weighted by atomic mass is 16.5. The third-order valence-electron chi connectivity index (χ3n) is 3.14. The lowest BCUT2D eigenvalue weighted by Crippen LogP contribution is -2.09. The standard InChI is InChI=1S/C14H21NO/c1-10-3-6-14(13(9-10)11(2)15)16-8-7-12-4-5-12/h3,6,9,11-12H,4-5,7-8,15H2,1-2H3/t11-/m0/s1. The summed E-state index contributed by atoms with van der Waals surface area (Å²) in [7, 11) is 0. The SMILES string of the molecule is Cc1ccc(OCCC2CC2)c([C@H](C)N)c1. The number of ether oxygens (including phenoxy) is 1. The van der Waals surface area contributed by atoms with Crippen molar-refractivity contribution >= 4 is 0 Å². The Morgan fingerprint density at radius 1 is 1.44 bits per heavy atom. The van der Waals surface area contributed by atoms with Gasteiger partial charge < -0.3 is 10.5 Å². The fourth-order valence-corrected chi connectivity index (χ4v) is 1.90. The molecule has 0 aromatic heterocycles. The molecule has 1 aliphatic rings. The second kappa shape index (κ2) is 4.88. The molecule has 0 spiro atoms. The highest BCUT2D eigenvalue weighted by Crippen LogP contribution is 2.33. The predicted molar refractivity (Wildman–Crippen MR) is 66.6 cm³/mol. The van der Waals surface area contributed by atoms with Gasteiger partial charge in [0.05, 0.1) is 6.61 Å². The van der Waals surface area contributed by atoms with E-state index in [1.165, 1.54) is 24.8 Å². The molecule has 1 fully saturated rings. The molecule has 0 aliphatic heterocycles. The van der Waals surface area contributed by atoms with Crippen LogP contribution in [0.5, 0.6) is 5.75 Å². The van der Waals surface area contributed by atoms with E-state index in [0.717, 1.165) is 23.8 Å². The van der Waals surface area contributed by atoms with Crippen LogP contribution in [0.25, 0.3) is 0 Å².